The van der Waals surface area contributed by atoms with Gasteiger partial charge in [0.15, 0.2) is 0 Å². The van der Waals surface area contributed by atoms with Crippen molar-refractivity contribution in [3.8, 4) is 0 Å². The van der Waals surface area contributed by atoms with Gasteiger partial charge in [-0.2, -0.15) is 0 Å². The van der Waals surface area contributed by atoms with Crippen molar-refractivity contribution in [3.63, 3.8) is 0 Å². The lowest BCUT2D eigenvalue weighted by molar-refractivity contribution is 0.191. The summed E-state index contributed by atoms with van der Waals surface area (Å²) < 4.78 is 13.5. The summed E-state index contributed by atoms with van der Waals surface area (Å²) >= 11 is 5.65. The first-order valence-corrected chi connectivity index (χ1v) is 7.51. The summed E-state index contributed by atoms with van der Waals surface area (Å²) in [7, 11) is 0. The largest absolute Gasteiger partial charge is 0.387 e. The molecule has 0 aliphatic carbocycles. The molecule has 0 fully saturated rings. The number of rotatable bonds is 4. The Morgan fingerprint density at radius 1 is 1.26 bits per heavy atom. The molecule has 1 atom stereocenters. The highest BCUT2D eigenvalue weighted by atomic mass is 35.5. The number of aryl methyl sites for hydroxylation is 1. The third-order valence-electron chi connectivity index (χ3n) is 3.66. The van der Waals surface area contributed by atoms with E-state index in [1.807, 2.05) is 25.1 Å². The number of anilines is 1. The molecule has 0 aliphatic heterocycles. The normalized spacial score (nSPS) is 12.3. The van der Waals surface area contributed by atoms with E-state index in [-0.39, 0.29) is 11.6 Å². The number of aliphatic hydroxyl groups is 1. The number of aliphatic hydroxyl groups excluding tert-OH is 1. The van der Waals surface area contributed by atoms with Crippen molar-refractivity contribution in [1.82, 2.24) is 9.97 Å². The summed E-state index contributed by atoms with van der Waals surface area (Å²) in [6.07, 6.45) is 0.592. The summed E-state index contributed by atoms with van der Waals surface area (Å²) in [5, 5.41) is 14.3. The standard InChI is InChI=1S/C17H15ClFN3O/c1-10-3-2-4-14-16(10)17(22-9-21-14)20-8-15(23)11-5-6-12(18)13(19)7-11/h2-7,9,15,23H,8H2,1H3,(H,20,21,22). The Kier molecular flexibility index (Phi) is 4.41. The minimum Gasteiger partial charge on any atom is -0.387 e. The van der Waals surface area contributed by atoms with E-state index in [0.717, 1.165) is 16.5 Å². The zero-order valence-corrected chi connectivity index (χ0v) is 13.2. The van der Waals surface area contributed by atoms with Gasteiger partial charge in [-0.15, -0.1) is 0 Å². The molecular weight excluding hydrogens is 317 g/mol. The van der Waals surface area contributed by atoms with Gasteiger partial charge in [-0.05, 0) is 36.2 Å². The van der Waals surface area contributed by atoms with Crippen molar-refractivity contribution in [1.29, 1.82) is 0 Å². The van der Waals surface area contributed by atoms with E-state index in [9.17, 15) is 9.50 Å². The van der Waals surface area contributed by atoms with Gasteiger partial charge in [-0.3, -0.25) is 0 Å². The summed E-state index contributed by atoms with van der Waals surface area (Å²) in [5.74, 6) is 0.0909. The molecule has 1 unspecified atom stereocenters. The van der Waals surface area contributed by atoms with Crippen LogP contribution in [0.2, 0.25) is 5.02 Å². The van der Waals surface area contributed by atoms with Gasteiger partial charge in [0.05, 0.1) is 16.6 Å². The number of benzene rings is 2. The third kappa shape index (κ3) is 3.25. The van der Waals surface area contributed by atoms with Crippen molar-refractivity contribution in [2.75, 3.05) is 11.9 Å². The van der Waals surface area contributed by atoms with Crippen LogP contribution in [0.4, 0.5) is 10.2 Å². The van der Waals surface area contributed by atoms with Crippen LogP contribution in [0, 0.1) is 12.7 Å². The highest BCUT2D eigenvalue weighted by Crippen LogP contribution is 2.24. The summed E-state index contributed by atoms with van der Waals surface area (Å²) in [6.45, 7) is 2.17. The Hall–Kier alpha value is -2.24. The third-order valence-corrected chi connectivity index (χ3v) is 3.97. The predicted molar refractivity (Wildman–Crippen MR) is 89.1 cm³/mol. The second-order valence-electron chi connectivity index (χ2n) is 5.26. The van der Waals surface area contributed by atoms with Crippen LogP contribution in [0.5, 0.6) is 0 Å². The average Bonchev–Trinajstić information content (AvgIpc) is 2.55. The zero-order chi connectivity index (χ0) is 16.4. The maximum Gasteiger partial charge on any atom is 0.142 e. The maximum absolute atomic E-state index is 13.5. The van der Waals surface area contributed by atoms with Crippen molar-refractivity contribution in [3.05, 3.63) is 64.7 Å². The molecule has 0 spiro atoms. The van der Waals surface area contributed by atoms with Crippen LogP contribution in [0.25, 0.3) is 10.9 Å². The molecular formula is C17H15ClFN3O. The van der Waals surface area contributed by atoms with E-state index in [4.69, 9.17) is 11.6 Å². The monoisotopic (exact) mass is 331 g/mol. The van der Waals surface area contributed by atoms with E-state index in [0.29, 0.717) is 11.4 Å². The zero-order valence-electron chi connectivity index (χ0n) is 12.4. The first-order valence-electron chi connectivity index (χ1n) is 7.13. The maximum atomic E-state index is 13.5. The van der Waals surface area contributed by atoms with E-state index >= 15 is 0 Å². The highest BCUT2D eigenvalue weighted by molar-refractivity contribution is 6.30. The molecule has 118 valence electrons. The van der Waals surface area contributed by atoms with E-state index in [1.54, 1.807) is 6.07 Å². The van der Waals surface area contributed by atoms with Crippen molar-refractivity contribution < 1.29 is 9.50 Å². The Labute approximate surface area is 138 Å². The second kappa shape index (κ2) is 6.48. The topological polar surface area (TPSA) is 58.0 Å². The Bertz CT molecular complexity index is 851. The molecule has 3 rings (SSSR count). The van der Waals surface area contributed by atoms with Gasteiger partial charge in [0.1, 0.15) is 18.0 Å². The minimum atomic E-state index is -0.879. The van der Waals surface area contributed by atoms with Crippen molar-refractivity contribution >= 4 is 28.3 Å². The van der Waals surface area contributed by atoms with E-state index < -0.39 is 11.9 Å². The van der Waals surface area contributed by atoms with Crippen LogP contribution >= 0.6 is 11.6 Å². The molecule has 0 bridgehead atoms. The van der Waals surface area contributed by atoms with Crippen molar-refractivity contribution in [2.45, 2.75) is 13.0 Å². The van der Waals surface area contributed by atoms with Gasteiger partial charge in [0.2, 0.25) is 0 Å². The Morgan fingerprint density at radius 3 is 2.87 bits per heavy atom. The Balaban J connectivity index is 1.82. The van der Waals surface area contributed by atoms with Crippen LogP contribution in [0.15, 0.2) is 42.7 Å². The molecule has 2 N–H and O–H groups in total. The summed E-state index contributed by atoms with van der Waals surface area (Å²) in [5.41, 5.74) is 2.32. The van der Waals surface area contributed by atoms with E-state index in [1.165, 1.54) is 18.5 Å². The molecule has 0 aliphatic rings. The van der Waals surface area contributed by atoms with E-state index in [2.05, 4.69) is 15.3 Å². The number of aromatic nitrogens is 2. The molecule has 1 aromatic heterocycles. The highest BCUT2D eigenvalue weighted by Gasteiger charge is 2.12. The van der Waals surface area contributed by atoms with Crippen LogP contribution in [-0.2, 0) is 0 Å². The fraction of sp³-hybridized carbons (Fsp3) is 0.176. The molecule has 4 nitrogen and oxygen atoms in total. The van der Waals surface area contributed by atoms with Crippen molar-refractivity contribution in [2.24, 2.45) is 0 Å². The van der Waals surface area contributed by atoms with Crippen LogP contribution < -0.4 is 5.32 Å². The fourth-order valence-electron chi connectivity index (χ4n) is 2.45. The molecule has 3 aromatic rings. The molecule has 0 saturated heterocycles. The van der Waals surface area contributed by atoms with Gasteiger partial charge in [0, 0.05) is 11.9 Å². The number of hydrogen-bond acceptors (Lipinski definition) is 4. The van der Waals surface area contributed by atoms with Crippen LogP contribution in [-0.4, -0.2) is 21.6 Å². The summed E-state index contributed by atoms with van der Waals surface area (Å²) in [6, 6.07) is 10.1. The van der Waals surface area contributed by atoms with Gasteiger partial charge in [0.25, 0.3) is 0 Å². The van der Waals surface area contributed by atoms with Gasteiger partial charge in [-0.1, -0.05) is 29.8 Å². The van der Waals surface area contributed by atoms with Gasteiger partial charge in [-0.25, -0.2) is 14.4 Å². The molecule has 0 saturated carbocycles. The SMILES string of the molecule is Cc1cccc2ncnc(NCC(O)c3ccc(Cl)c(F)c3)c12. The molecule has 0 amide bonds. The Morgan fingerprint density at radius 2 is 2.09 bits per heavy atom. The summed E-state index contributed by atoms with van der Waals surface area (Å²) in [4.78, 5) is 8.47. The molecule has 6 heteroatoms. The lowest BCUT2D eigenvalue weighted by Gasteiger charge is -2.15. The van der Waals surface area contributed by atoms with Gasteiger partial charge >= 0.3 is 0 Å². The van der Waals surface area contributed by atoms with Gasteiger partial charge < -0.3 is 10.4 Å². The lowest BCUT2D eigenvalue weighted by Crippen LogP contribution is -2.13. The first-order chi connectivity index (χ1) is 11.1. The fourth-order valence-corrected chi connectivity index (χ4v) is 2.56. The number of halogens is 2. The predicted octanol–water partition coefficient (Wildman–Crippen LogP) is 3.88. The van der Waals surface area contributed by atoms with Crippen LogP contribution in [0.3, 0.4) is 0 Å². The molecule has 2 aromatic carbocycles. The number of nitrogens with zero attached hydrogens (tertiary/aromatic N) is 2. The number of hydrogen-bond donors (Lipinski definition) is 2. The molecule has 23 heavy (non-hydrogen) atoms. The second-order valence-corrected chi connectivity index (χ2v) is 5.67. The quantitative estimate of drug-likeness (QED) is 0.762. The molecule has 1 heterocycles. The smallest absolute Gasteiger partial charge is 0.142 e. The van der Waals surface area contributed by atoms with Crippen LogP contribution in [0.1, 0.15) is 17.2 Å². The molecule has 0 radical (unpaired) electrons. The minimum absolute atomic E-state index is 0.0336. The first kappa shape index (κ1) is 15.6. The number of fused-ring (bicyclic) bond motifs is 1. The average molecular weight is 332 g/mol. The lowest BCUT2D eigenvalue weighted by atomic mass is 10.1. The number of nitrogens with one attached hydrogen (secondary N) is 1.